The number of rotatable bonds is 3. The molecule has 2 heterocycles. The second-order valence-corrected chi connectivity index (χ2v) is 6.76. The molecule has 0 saturated carbocycles. The van der Waals surface area contributed by atoms with Crippen molar-refractivity contribution in [2.75, 3.05) is 0 Å². The SMILES string of the molecule is Cc1c(O)c(-c2ccccc2)c(=O)n(-c2nccs2)c1-c1ccccc1. The van der Waals surface area contributed by atoms with Crippen LogP contribution in [0.3, 0.4) is 0 Å². The summed E-state index contributed by atoms with van der Waals surface area (Å²) in [5.41, 5.74) is 2.84. The van der Waals surface area contributed by atoms with E-state index in [1.165, 1.54) is 11.3 Å². The Kier molecular flexibility index (Phi) is 4.14. The van der Waals surface area contributed by atoms with Crippen molar-refractivity contribution in [3.63, 3.8) is 0 Å². The molecule has 4 aromatic rings. The number of nitrogens with zero attached hydrogens (tertiary/aromatic N) is 2. The van der Waals surface area contributed by atoms with E-state index in [2.05, 4.69) is 4.98 Å². The Hall–Kier alpha value is -3.18. The first kappa shape index (κ1) is 16.3. The molecule has 0 aliphatic carbocycles. The fourth-order valence-corrected chi connectivity index (χ4v) is 3.74. The maximum absolute atomic E-state index is 13.4. The van der Waals surface area contributed by atoms with E-state index in [1.54, 1.807) is 10.8 Å². The zero-order chi connectivity index (χ0) is 18.1. The summed E-state index contributed by atoms with van der Waals surface area (Å²) in [4.78, 5) is 17.7. The topological polar surface area (TPSA) is 55.1 Å². The van der Waals surface area contributed by atoms with E-state index in [0.717, 1.165) is 5.56 Å². The second-order valence-electron chi connectivity index (χ2n) is 5.88. The summed E-state index contributed by atoms with van der Waals surface area (Å²) in [6, 6.07) is 18.8. The first-order chi connectivity index (χ1) is 12.7. The van der Waals surface area contributed by atoms with Crippen molar-refractivity contribution in [1.29, 1.82) is 0 Å². The number of aromatic hydroxyl groups is 1. The molecule has 26 heavy (non-hydrogen) atoms. The lowest BCUT2D eigenvalue weighted by Crippen LogP contribution is -2.23. The third-order valence-electron chi connectivity index (χ3n) is 4.31. The minimum atomic E-state index is -0.284. The highest BCUT2D eigenvalue weighted by atomic mass is 32.1. The molecule has 0 aliphatic rings. The molecule has 0 fully saturated rings. The van der Waals surface area contributed by atoms with Gasteiger partial charge in [0.1, 0.15) is 5.75 Å². The van der Waals surface area contributed by atoms with Gasteiger partial charge in [0.2, 0.25) is 0 Å². The van der Waals surface area contributed by atoms with Crippen molar-refractivity contribution >= 4 is 11.3 Å². The van der Waals surface area contributed by atoms with Crippen LogP contribution in [0.15, 0.2) is 77.0 Å². The molecule has 0 atom stereocenters. The molecule has 0 saturated heterocycles. The standard InChI is InChI=1S/C21H16N2O2S/c1-14-18(16-10-6-3-7-11-16)23(21-22-12-13-26-21)20(25)17(19(14)24)15-8-4-2-5-9-15/h2-13,24H,1H3. The maximum atomic E-state index is 13.4. The maximum Gasteiger partial charge on any atom is 0.269 e. The molecule has 4 nitrogen and oxygen atoms in total. The van der Waals surface area contributed by atoms with Gasteiger partial charge >= 0.3 is 0 Å². The molecule has 0 unspecified atom stereocenters. The third kappa shape index (κ3) is 2.62. The predicted octanol–water partition coefficient (Wildman–Crippen LogP) is 4.64. The summed E-state index contributed by atoms with van der Waals surface area (Å²) in [6.45, 7) is 1.83. The van der Waals surface area contributed by atoms with Gasteiger partial charge in [-0.3, -0.25) is 9.36 Å². The minimum absolute atomic E-state index is 0.00728. The summed E-state index contributed by atoms with van der Waals surface area (Å²) in [6.07, 6.45) is 1.67. The Bertz CT molecular complexity index is 1100. The summed E-state index contributed by atoms with van der Waals surface area (Å²) in [5.74, 6) is 0.00728. The van der Waals surface area contributed by atoms with Gasteiger partial charge in [-0.2, -0.15) is 0 Å². The Morgan fingerprint density at radius 1 is 0.962 bits per heavy atom. The summed E-state index contributed by atoms with van der Waals surface area (Å²) in [7, 11) is 0. The van der Waals surface area contributed by atoms with Crippen molar-refractivity contribution in [1.82, 2.24) is 9.55 Å². The van der Waals surface area contributed by atoms with E-state index in [-0.39, 0.29) is 16.9 Å². The van der Waals surface area contributed by atoms with Crippen molar-refractivity contribution in [2.24, 2.45) is 0 Å². The van der Waals surface area contributed by atoms with Gasteiger partial charge in [0.15, 0.2) is 5.13 Å². The van der Waals surface area contributed by atoms with Crippen LogP contribution in [0.25, 0.3) is 27.5 Å². The van der Waals surface area contributed by atoms with Crippen LogP contribution >= 0.6 is 11.3 Å². The van der Waals surface area contributed by atoms with E-state index >= 15 is 0 Å². The van der Waals surface area contributed by atoms with Crippen LogP contribution in [0.1, 0.15) is 5.56 Å². The van der Waals surface area contributed by atoms with Crippen molar-refractivity contribution < 1.29 is 5.11 Å². The number of thiazole rings is 1. The van der Waals surface area contributed by atoms with Crippen LogP contribution in [-0.2, 0) is 0 Å². The molecule has 0 aliphatic heterocycles. The largest absolute Gasteiger partial charge is 0.507 e. The Morgan fingerprint density at radius 3 is 2.15 bits per heavy atom. The van der Waals surface area contributed by atoms with Crippen LogP contribution in [0.4, 0.5) is 0 Å². The first-order valence-corrected chi connectivity index (χ1v) is 9.05. The number of aromatic nitrogens is 2. The molecule has 1 N–H and O–H groups in total. The molecule has 0 bridgehead atoms. The molecule has 0 amide bonds. The Balaban J connectivity index is 2.13. The lowest BCUT2D eigenvalue weighted by Gasteiger charge is -2.18. The van der Waals surface area contributed by atoms with Crippen LogP contribution in [-0.4, -0.2) is 14.7 Å². The highest BCUT2D eigenvalue weighted by molar-refractivity contribution is 7.12. The smallest absolute Gasteiger partial charge is 0.269 e. The molecule has 4 rings (SSSR count). The lowest BCUT2D eigenvalue weighted by molar-refractivity contribution is 0.471. The molecule has 0 spiro atoms. The average molecular weight is 360 g/mol. The Labute approximate surface area is 154 Å². The zero-order valence-electron chi connectivity index (χ0n) is 14.1. The van der Waals surface area contributed by atoms with E-state index in [1.807, 2.05) is 73.0 Å². The van der Waals surface area contributed by atoms with Gasteiger partial charge < -0.3 is 5.11 Å². The molecule has 128 valence electrons. The van der Waals surface area contributed by atoms with E-state index in [9.17, 15) is 9.90 Å². The van der Waals surface area contributed by atoms with Crippen molar-refractivity contribution in [3.05, 3.63) is 88.2 Å². The molecule has 2 aromatic heterocycles. The average Bonchev–Trinajstić information content (AvgIpc) is 3.20. The van der Waals surface area contributed by atoms with E-state index in [4.69, 9.17) is 0 Å². The molecule has 5 heteroatoms. The van der Waals surface area contributed by atoms with Crippen LogP contribution < -0.4 is 5.56 Å². The normalized spacial score (nSPS) is 10.8. The predicted molar refractivity (Wildman–Crippen MR) is 105 cm³/mol. The number of pyridine rings is 1. The van der Waals surface area contributed by atoms with Crippen LogP contribution in [0, 0.1) is 6.92 Å². The van der Waals surface area contributed by atoms with Crippen LogP contribution in [0.5, 0.6) is 5.75 Å². The van der Waals surface area contributed by atoms with Gasteiger partial charge in [-0.25, -0.2) is 4.98 Å². The lowest BCUT2D eigenvalue weighted by atomic mass is 9.99. The minimum Gasteiger partial charge on any atom is -0.507 e. The van der Waals surface area contributed by atoms with Gasteiger partial charge in [0, 0.05) is 17.1 Å². The number of benzene rings is 2. The zero-order valence-corrected chi connectivity index (χ0v) is 14.9. The highest BCUT2D eigenvalue weighted by Crippen LogP contribution is 2.36. The van der Waals surface area contributed by atoms with E-state index < -0.39 is 0 Å². The van der Waals surface area contributed by atoms with E-state index in [0.29, 0.717) is 22.0 Å². The fraction of sp³-hybridized carbons (Fsp3) is 0.0476. The molecule has 0 radical (unpaired) electrons. The molecule has 2 aromatic carbocycles. The monoisotopic (exact) mass is 360 g/mol. The third-order valence-corrected chi connectivity index (χ3v) is 5.06. The molecular formula is C21H16N2O2S. The van der Waals surface area contributed by atoms with Crippen LogP contribution in [0.2, 0.25) is 0 Å². The number of hydrogen-bond acceptors (Lipinski definition) is 4. The number of hydrogen-bond donors (Lipinski definition) is 1. The van der Waals surface area contributed by atoms with Gasteiger partial charge in [-0.15, -0.1) is 11.3 Å². The van der Waals surface area contributed by atoms with Gasteiger partial charge in [-0.05, 0) is 18.1 Å². The van der Waals surface area contributed by atoms with Crippen molar-refractivity contribution in [2.45, 2.75) is 6.92 Å². The van der Waals surface area contributed by atoms with Gasteiger partial charge in [0.05, 0.1) is 11.3 Å². The quantitative estimate of drug-likeness (QED) is 0.579. The van der Waals surface area contributed by atoms with Gasteiger partial charge in [0.25, 0.3) is 5.56 Å². The van der Waals surface area contributed by atoms with Crippen molar-refractivity contribution in [3.8, 4) is 33.3 Å². The Morgan fingerprint density at radius 2 is 1.58 bits per heavy atom. The fourth-order valence-electron chi connectivity index (χ4n) is 3.10. The first-order valence-electron chi connectivity index (χ1n) is 8.17. The van der Waals surface area contributed by atoms with Gasteiger partial charge in [-0.1, -0.05) is 60.7 Å². The summed E-state index contributed by atoms with van der Waals surface area (Å²) < 4.78 is 1.59. The highest BCUT2D eigenvalue weighted by Gasteiger charge is 2.23. The summed E-state index contributed by atoms with van der Waals surface area (Å²) in [5, 5.41) is 13.3. The summed E-state index contributed by atoms with van der Waals surface area (Å²) >= 11 is 1.39. The molecular weight excluding hydrogens is 344 g/mol. The second kappa shape index (κ2) is 6.61.